The maximum atomic E-state index is 5.70. The Morgan fingerprint density at radius 3 is 2.50 bits per heavy atom. The average Bonchev–Trinajstić information content (AvgIpc) is 2.80. The summed E-state index contributed by atoms with van der Waals surface area (Å²) in [4.78, 5) is 5.70. The van der Waals surface area contributed by atoms with Gasteiger partial charge in [-0.05, 0) is 60.1 Å². The molecule has 0 spiro atoms. The van der Waals surface area contributed by atoms with Gasteiger partial charge in [0.15, 0.2) is 0 Å². The highest BCUT2D eigenvalue weighted by atomic mass is 127. The number of nitrogens with one attached hydrogen (secondary N) is 1. The van der Waals surface area contributed by atoms with E-state index in [4.69, 9.17) is 4.84 Å². The molecule has 1 aromatic rings. The molecule has 1 saturated carbocycles. The summed E-state index contributed by atoms with van der Waals surface area (Å²) in [5, 5.41) is 0. The molecule has 1 N–H and O–H groups in total. The maximum Gasteiger partial charge on any atom is 0.0790 e. The molecule has 0 radical (unpaired) electrons. The van der Waals surface area contributed by atoms with Gasteiger partial charge in [-0.3, -0.25) is 4.84 Å². The van der Waals surface area contributed by atoms with Crippen molar-refractivity contribution in [2.75, 3.05) is 0 Å². The topological polar surface area (TPSA) is 21.3 Å². The Bertz CT molecular complexity index is 319. The van der Waals surface area contributed by atoms with Gasteiger partial charge in [0, 0.05) is 3.57 Å². The van der Waals surface area contributed by atoms with Crippen LogP contribution in [0.4, 0.5) is 0 Å². The molecule has 1 fully saturated rings. The number of hydrogen-bond acceptors (Lipinski definition) is 2. The normalized spacial score (nSPS) is 18.9. The fraction of sp³-hybridized carbons (Fsp3) is 0.538. The van der Waals surface area contributed by atoms with E-state index in [0.717, 1.165) is 0 Å². The minimum Gasteiger partial charge on any atom is -0.298 e. The lowest BCUT2D eigenvalue weighted by Crippen LogP contribution is -2.24. The number of benzene rings is 1. The van der Waals surface area contributed by atoms with Gasteiger partial charge in [-0.1, -0.05) is 25.0 Å². The fourth-order valence-electron chi connectivity index (χ4n) is 2.02. The van der Waals surface area contributed by atoms with Crippen molar-refractivity contribution in [2.45, 2.75) is 44.8 Å². The van der Waals surface area contributed by atoms with Gasteiger partial charge in [0.2, 0.25) is 0 Å². The van der Waals surface area contributed by atoms with Crippen LogP contribution < -0.4 is 5.48 Å². The second-order valence-electron chi connectivity index (χ2n) is 4.42. The Morgan fingerprint density at radius 1 is 1.25 bits per heavy atom. The summed E-state index contributed by atoms with van der Waals surface area (Å²) < 4.78 is 1.27. The number of rotatable bonds is 4. The van der Waals surface area contributed by atoms with Crippen LogP contribution in [0.15, 0.2) is 24.3 Å². The van der Waals surface area contributed by atoms with Crippen molar-refractivity contribution < 1.29 is 4.84 Å². The summed E-state index contributed by atoms with van der Waals surface area (Å²) in [6.07, 6.45) is 5.44. The molecule has 0 aromatic heterocycles. The zero-order valence-electron chi connectivity index (χ0n) is 9.58. The summed E-state index contributed by atoms with van der Waals surface area (Å²) in [5.41, 5.74) is 4.43. The largest absolute Gasteiger partial charge is 0.298 e. The van der Waals surface area contributed by atoms with E-state index in [1.165, 1.54) is 34.8 Å². The molecule has 1 aromatic carbocycles. The smallest absolute Gasteiger partial charge is 0.0790 e. The highest BCUT2D eigenvalue weighted by Gasteiger charge is 2.16. The summed E-state index contributed by atoms with van der Waals surface area (Å²) >= 11 is 2.32. The van der Waals surface area contributed by atoms with Crippen LogP contribution in [-0.2, 0) is 4.84 Å². The summed E-state index contributed by atoms with van der Waals surface area (Å²) in [6.45, 7) is 2.14. The average molecular weight is 331 g/mol. The zero-order chi connectivity index (χ0) is 11.4. The summed E-state index contributed by atoms with van der Waals surface area (Å²) in [6, 6.07) is 8.82. The van der Waals surface area contributed by atoms with Gasteiger partial charge in [-0.25, -0.2) is 0 Å². The molecule has 0 heterocycles. The van der Waals surface area contributed by atoms with Crippen LogP contribution in [0, 0.1) is 3.57 Å². The van der Waals surface area contributed by atoms with Crippen LogP contribution in [-0.4, -0.2) is 6.10 Å². The SMILES string of the molecule is CC(NOC1CCCC1)c1ccc(I)cc1. The van der Waals surface area contributed by atoms with Gasteiger partial charge < -0.3 is 0 Å². The highest BCUT2D eigenvalue weighted by Crippen LogP contribution is 2.21. The maximum absolute atomic E-state index is 5.70. The van der Waals surface area contributed by atoms with Crippen LogP contribution in [0.25, 0.3) is 0 Å². The van der Waals surface area contributed by atoms with Crippen LogP contribution in [0.2, 0.25) is 0 Å². The Balaban J connectivity index is 1.82. The molecule has 1 atom stereocenters. The lowest BCUT2D eigenvalue weighted by atomic mass is 10.1. The molecule has 3 heteroatoms. The monoisotopic (exact) mass is 331 g/mol. The number of hydrogen-bond donors (Lipinski definition) is 1. The minimum absolute atomic E-state index is 0.262. The van der Waals surface area contributed by atoms with Crippen molar-refractivity contribution in [3.8, 4) is 0 Å². The second kappa shape index (κ2) is 5.98. The van der Waals surface area contributed by atoms with E-state index in [2.05, 4.69) is 59.3 Å². The Hall–Kier alpha value is -0.130. The van der Waals surface area contributed by atoms with Crippen molar-refractivity contribution in [3.63, 3.8) is 0 Å². The van der Waals surface area contributed by atoms with Crippen molar-refractivity contribution in [1.29, 1.82) is 0 Å². The molecule has 0 aliphatic heterocycles. The number of halogens is 1. The summed E-state index contributed by atoms with van der Waals surface area (Å²) in [5.74, 6) is 0. The van der Waals surface area contributed by atoms with E-state index in [0.29, 0.717) is 6.10 Å². The van der Waals surface area contributed by atoms with Gasteiger partial charge >= 0.3 is 0 Å². The first-order valence-corrected chi connectivity index (χ1v) is 7.00. The first-order chi connectivity index (χ1) is 7.75. The second-order valence-corrected chi connectivity index (χ2v) is 5.66. The van der Waals surface area contributed by atoms with Gasteiger partial charge in [0.25, 0.3) is 0 Å². The molecule has 1 unspecified atom stereocenters. The van der Waals surface area contributed by atoms with Gasteiger partial charge in [0.1, 0.15) is 0 Å². The van der Waals surface area contributed by atoms with Crippen molar-refractivity contribution in [3.05, 3.63) is 33.4 Å². The quantitative estimate of drug-likeness (QED) is 0.669. The molecule has 1 aliphatic carbocycles. The third-order valence-electron chi connectivity index (χ3n) is 3.08. The first kappa shape index (κ1) is 12.3. The molecule has 16 heavy (non-hydrogen) atoms. The molecular weight excluding hydrogens is 313 g/mol. The van der Waals surface area contributed by atoms with Crippen LogP contribution >= 0.6 is 22.6 Å². The standard InChI is InChI=1S/C13H18INO/c1-10(11-6-8-12(14)9-7-11)15-16-13-4-2-3-5-13/h6-10,13,15H,2-5H2,1H3. The first-order valence-electron chi connectivity index (χ1n) is 5.92. The third-order valence-corrected chi connectivity index (χ3v) is 3.80. The molecule has 0 amide bonds. The van der Waals surface area contributed by atoms with E-state index in [-0.39, 0.29) is 6.04 Å². The van der Waals surface area contributed by atoms with Crippen LogP contribution in [0.3, 0.4) is 0 Å². The predicted octanol–water partition coefficient (Wildman–Crippen LogP) is 3.82. The molecule has 0 saturated heterocycles. The van der Waals surface area contributed by atoms with Crippen molar-refractivity contribution in [2.24, 2.45) is 0 Å². The van der Waals surface area contributed by atoms with E-state index >= 15 is 0 Å². The Labute approximate surface area is 111 Å². The molecule has 0 bridgehead atoms. The van der Waals surface area contributed by atoms with E-state index in [9.17, 15) is 0 Å². The van der Waals surface area contributed by atoms with Crippen LogP contribution in [0.5, 0.6) is 0 Å². The molecule has 88 valence electrons. The lowest BCUT2D eigenvalue weighted by Gasteiger charge is -2.17. The molecular formula is C13H18INO. The molecule has 2 rings (SSSR count). The number of hydroxylamine groups is 1. The van der Waals surface area contributed by atoms with Gasteiger partial charge in [-0.15, -0.1) is 0 Å². The van der Waals surface area contributed by atoms with Gasteiger partial charge in [-0.2, -0.15) is 5.48 Å². The minimum atomic E-state index is 0.262. The highest BCUT2D eigenvalue weighted by molar-refractivity contribution is 14.1. The van der Waals surface area contributed by atoms with E-state index < -0.39 is 0 Å². The third kappa shape index (κ3) is 3.43. The van der Waals surface area contributed by atoms with Gasteiger partial charge in [0.05, 0.1) is 12.1 Å². The lowest BCUT2D eigenvalue weighted by molar-refractivity contribution is -0.0376. The Morgan fingerprint density at radius 2 is 1.88 bits per heavy atom. The van der Waals surface area contributed by atoms with Crippen molar-refractivity contribution in [1.82, 2.24) is 5.48 Å². The molecule has 1 aliphatic rings. The Kier molecular flexibility index (Phi) is 4.61. The zero-order valence-corrected chi connectivity index (χ0v) is 11.7. The predicted molar refractivity (Wildman–Crippen MR) is 74.1 cm³/mol. The van der Waals surface area contributed by atoms with E-state index in [1.807, 2.05) is 0 Å². The summed E-state index contributed by atoms with van der Waals surface area (Å²) in [7, 11) is 0. The van der Waals surface area contributed by atoms with Crippen molar-refractivity contribution >= 4 is 22.6 Å². The van der Waals surface area contributed by atoms with E-state index in [1.54, 1.807) is 0 Å². The molecule has 2 nitrogen and oxygen atoms in total. The van der Waals surface area contributed by atoms with Crippen LogP contribution in [0.1, 0.15) is 44.2 Å². The fourth-order valence-corrected chi connectivity index (χ4v) is 2.38.